The molecule has 8 nitrogen and oxygen atoms in total. The van der Waals surface area contributed by atoms with Gasteiger partial charge in [0.2, 0.25) is 0 Å². The lowest BCUT2D eigenvalue weighted by Gasteiger charge is -2.09. The zero-order valence-electron chi connectivity index (χ0n) is 17.4. The molecule has 3 aromatic rings. The highest BCUT2D eigenvalue weighted by atomic mass is 16.5. The van der Waals surface area contributed by atoms with Crippen molar-refractivity contribution < 1.29 is 14.3 Å². The Morgan fingerprint density at radius 3 is 2.33 bits per heavy atom. The van der Waals surface area contributed by atoms with Gasteiger partial charge in [0, 0.05) is 17.7 Å². The molecule has 0 aliphatic rings. The molecule has 1 aromatic heterocycles. The van der Waals surface area contributed by atoms with Gasteiger partial charge in [0.05, 0.1) is 12.1 Å². The number of carbonyl (C=O) groups excluding carboxylic acids is 2. The fourth-order valence-electron chi connectivity index (χ4n) is 3.03. The zero-order valence-corrected chi connectivity index (χ0v) is 17.4. The number of nitrogens with zero attached hydrogens (tertiary/aromatic N) is 3. The van der Waals surface area contributed by atoms with Crippen molar-refractivity contribution in [3.8, 4) is 5.75 Å². The smallest absolute Gasteiger partial charge is 0.269 e. The summed E-state index contributed by atoms with van der Waals surface area (Å²) in [5.74, 6) is -0.111. The Labute approximate surface area is 175 Å². The second-order valence-corrected chi connectivity index (χ2v) is 6.95. The van der Waals surface area contributed by atoms with E-state index in [4.69, 9.17) is 4.74 Å². The van der Waals surface area contributed by atoms with Gasteiger partial charge in [-0.3, -0.25) is 20.4 Å². The summed E-state index contributed by atoms with van der Waals surface area (Å²) < 4.78 is 7.42. The van der Waals surface area contributed by atoms with Crippen molar-refractivity contribution in [2.45, 2.75) is 46.1 Å². The van der Waals surface area contributed by atoms with Crippen LogP contribution in [0, 0.1) is 0 Å². The van der Waals surface area contributed by atoms with E-state index in [9.17, 15) is 9.59 Å². The van der Waals surface area contributed by atoms with Crippen LogP contribution >= 0.6 is 0 Å². The summed E-state index contributed by atoms with van der Waals surface area (Å²) in [6.07, 6.45) is 4.57. The lowest BCUT2D eigenvalue weighted by atomic mass is 10.2. The Morgan fingerprint density at radius 2 is 1.63 bits per heavy atom. The number of aryl methyl sites for hydroxylation is 1. The molecule has 0 spiro atoms. The molecular formula is C22H27N5O3. The number of hydrogen-bond acceptors (Lipinski definition) is 5. The van der Waals surface area contributed by atoms with E-state index in [0.717, 1.165) is 24.1 Å². The first-order valence-corrected chi connectivity index (χ1v) is 10.3. The maximum atomic E-state index is 12.3. The molecule has 0 radical (unpaired) electrons. The van der Waals surface area contributed by atoms with Gasteiger partial charge < -0.3 is 4.74 Å². The Balaban J connectivity index is 1.50. The van der Waals surface area contributed by atoms with E-state index in [1.54, 1.807) is 47.1 Å². The van der Waals surface area contributed by atoms with Crippen molar-refractivity contribution in [1.29, 1.82) is 0 Å². The summed E-state index contributed by atoms with van der Waals surface area (Å²) in [5, 5.41) is 8.07. The summed E-state index contributed by atoms with van der Waals surface area (Å²) in [6, 6.07) is 11.9. The molecule has 0 aliphatic carbocycles. The number of nitrogens with one attached hydrogen (secondary N) is 2. The molecule has 1 heterocycles. The molecule has 8 heteroatoms. The van der Waals surface area contributed by atoms with Crippen LogP contribution < -0.4 is 15.6 Å². The van der Waals surface area contributed by atoms with Gasteiger partial charge in [-0.25, -0.2) is 4.68 Å². The normalized spacial score (nSPS) is 10.7. The average molecular weight is 409 g/mol. The average Bonchev–Trinajstić information content (AvgIpc) is 3.20. The van der Waals surface area contributed by atoms with E-state index >= 15 is 0 Å². The summed E-state index contributed by atoms with van der Waals surface area (Å²) in [4.78, 5) is 24.6. The van der Waals surface area contributed by atoms with Crippen LogP contribution in [0.25, 0.3) is 11.0 Å². The highest BCUT2D eigenvalue weighted by Gasteiger charge is 2.12. The lowest BCUT2D eigenvalue weighted by molar-refractivity contribution is 0.0846. The minimum atomic E-state index is -0.427. The van der Waals surface area contributed by atoms with Gasteiger partial charge in [0.1, 0.15) is 11.3 Å². The Bertz CT molecular complexity index is 998. The predicted octanol–water partition coefficient (Wildman–Crippen LogP) is 3.49. The van der Waals surface area contributed by atoms with E-state index < -0.39 is 11.8 Å². The van der Waals surface area contributed by atoms with Crippen LogP contribution in [0.1, 0.15) is 60.2 Å². The van der Waals surface area contributed by atoms with E-state index in [1.807, 2.05) is 6.92 Å². The van der Waals surface area contributed by atoms with Crippen molar-refractivity contribution in [2.24, 2.45) is 0 Å². The maximum absolute atomic E-state index is 12.3. The molecule has 2 N–H and O–H groups in total. The molecule has 3 rings (SSSR count). The molecule has 0 atom stereocenters. The van der Waals surface area contributed by atoms with Crippen LogP contribution in [0.15, 0.2) is 42.5 Å². The molecule has 158 valence electrons. The summed E-state index contributed by atoms with van der Waals surface area (Å²) >= 11 is 0. The molecule has 2 aromatic carbocycles. The standard InChI is InChI=1S/C22H27N5O3/c1-3-5-6-7-14-30-18-11-8-16(9-12-18)21(28)24-25-22(29)17-10-13-20-19(15-17)23-26-27(20)4-2/h8-13,15H,3-7,14H2,1-2H3,(H,24,28)(H,25,29). The fraction of sp³-hybridized carbons (Fsp3) is 0.364. The van der Waals surface area contributed by atoms with Gasteiger partial charge in [-0.1, -0.05) is 31.4 Å². The highest BCUT2D eigenvalue weighted by molar-refractivity contribution is 6.00. The fourth-order valence-corrected chi connectivity index (χ4v) is 3.03. The minimum Gasteiger partial charge on any atom is -0.494 e. The van der Waals surface area contributed by atoms with E-state index in [1.165, 1.54) is 12.8 Å². The van der Waals surface area contributed by atoms with Crippen molar-refractivity contribution in [2.75, 3.05) is 6.61 Å². The molecule has 0 fully saturated rings. The van der Waals surface area contributed by atoms with Crippen LogP contribution in [0.2, 0.25) is 0 Å². The molecule has 2 amide bonds. The number of ether oxygens (including phenoxy) is 1. The number of fused-ring (bicyclic) bond motifs is 1. The molecule has 0 bridgehead atoms. The van der Waals surface area contributed by atoms with Gasteiger partial charge in [-0.15, -0.1) is 5.10 Å². The monoisotopic (exact) mass is 409 g/mol. The molecule has 0 unspecified atom stereocenters. The number of benzene rings is 2. The third-order valence-corrected chi connectivity index (χ3v) is 4.75. The van der Waals surface area contributed by atoms with Gasteiger partial charge in [-0.05, 0) is 55.8 Å². The minimum absolute atomic E-state index is 0.387. The number of unbranched alkanes of at least 4 members (excludes halogenated alkanes) is 3. The third-order valence-electron chi connectivity index (χ3n) is 4.75. The van der Waals surface area contributed by atoms with Crippen LogP contribution in [0.3, 0.4) is 0 Å². The molecular weight excluding hydrogens is 382 g/mol. The topological polar surface area (TPSA) is 98.1 Å². The van der Waals surface area contributed by atoms with E-state index in [0.29, 0.717) is 29.8 Å². The van der Waals surface area contributed by atoms with Crippen molar-refractivity contribution in [3.63, 3.8) is 0 Å². The van der Waals surface area contributed by atoms with Crippen molar-refractivity contribution in [3.05, 3.63) is 53.6 Å². The van der Waals surface area contributed by atoms with Gasteiger partial charge in [0.15, 0.2) is 0 Å². The number of carbonyl (C=O) groups is 2. The first-order chi connectivity index (χ1) is 14.6. The summed E-state index contributed by atoms with van der Waals surface area (Å²) in [5.41, 5.74) is 7.14. The van der Waals surface area contributed by atoms with Crippen molar-refractivity contribution >= 4 is 22.8 Å². The predicted molar refractivity (Wildman–Crippen MR) is 114 cm³/mol. The Kier molecular flexibility index (Phi) is 7.37. The number of aromatic nitrogens is 3. The number of hydrogen-bond donors (Lipinski definition) is 2. The van der Waals surface area contributed by atoms with Crippen molar-refractivity contribution in [1.82, 2.24) is 25.8 Å². The van der Waals surface area contributed by atoms with Crippen LogP contribution in [0.4, 0.5) is 0 Å². The number of rotatable bonds is 9. The molecule has 0 aliphatic heterocycles. The Morgan fingerprint density at radius 1 is 0.933 bits per heavy atom. The zero-order chi connectivity index (χ0) is 21.3. The molecule has 0 saturated carbocycles. The largest absolute Gasteiger partial charge is 0.494 e. The van der Waals surface area contributed by atoms with Gasteiger partial charge in [-0.2, -0.15) is 0 Å². The quantitative estimate of drug-likeness (QED) is 0.416. The van der Waals surface area contributed by atoms with E-state index in [-0.39, 0.29) is 0 Å². The van der Waals surface area contributed by atoms with Crippen LogP contribution in [-0.4, -0.2) is 33.4 Å². The first kappa shape index (κ1) is 21.3. The first-order valence-electron chi connectivity index (χ1n) is 10.3. The van der Waals surface area contributed by atoms with E-state index in [2.05, 4.69) is 28.1 Å². The molecule has 0 saturated heterocycles. The second kappa shape index (κ2) is 10.4. The lowest BCUT2D eigenvalue weighted by Crippen LogP contribution is -2.41. The van der Waals surface area contributed by atoms with Crippen LogP contribution in [-0.2, 0) is 6.54 Å². The van der Waals surface area contributed by atoms with Gasteiger partial charge in [0.25, 0.3) is 11.8 Å². The summed E-state index contributed by atoms with van der Waals surface area (Å²) in [7, 11) is 0. The molecule has 30 heavy (non-hydrogen) atoms. The maximum Gasteiger partial charge on any atom is 0.269 e. The summed E-state index contributed by atoms with van der Waals surface area (Å²) in [6.45, 7) is 5.50. The number of amides is 2. The third kappa shape index (κ3) is 5.34. The second-order valence-electron chi connectivity index (χ2n) is 6.95. The number of hydrazine groups is 1. The van der Waals surface area contributed by atoms with Crippen LogP contribution in [0.5, 0.6) is 5.75 Å². The Hall–Kier alpha value is -3.42. The van der Waals surface area contributed by atoms with Gasteiger partial charge >= 0.3 is 0 Å². The highest BCUT2D eigenvalue weighted by Crippen LogP contribution is 2.14. The SMILES string of the molecule is CCCCCCOc1ccc(C(=O)NNC(=O)c2ccc3c(c2)nnn3CC)cc1.